The molecule has 1 heterocycles. The van der Waals surface area contributed by atoms with Gasteiger partial charge in [-0.15, -0.1) is 6.07 Å². The van der Waals surface area contributed by atoms with E-state index in [9.17, 15) is 5.26 Å². The van der Waals surface area contributed by atoms with Crippen molar-refractivity contribution < 1.29 is 32.7 Å². The van der Waals surface area contributed by atoms with Crippen LogP contribution < -0.4 is 5.32 Å². The molecule has 0 amide bonds. The number of rotatable bonds is 2. The Morgan fingerprint density at radius 3 is 2.59 bits per heavy atom. The van der Waals surface area contributed by atoms with E-state index in [4.69, 9.17) is 0 Å². The van der Waals surface area contributed by atoms with Crippen LogP contribution in [0.2, 0.25) is 0 Å². The SMILES string of the molecule is [CH2-]c1ccc2ncc(C#N)c(Nc3ccccc3[CH2-])c2c1.[Y]. The van der Waals surface area contributed by atoms with Crippen LogP contribution in [0.3, 0.4) is 0 Å². The maximum atomic E-state index is 9.33. The number of hydrogen-bond donors (Lipinski definition) is 1. The first-order valence-corrected chi connectivity index (χ1v) is 6.52. The molecule has 3 nitrogen and oxygen atoms in total. The van der Waals surface area contributed by atoms with Crippen LogP contribution in [0.5, 0.6) is 0 Å². The van der Waals surface area contributed by atoms with Crippen LogP contribution in [0.25, 0.3) is 10.9 Å². The molecule has 0 aliphatic heterocycles. The third-order valence-corrected chi connectivity index (χ3v) is 3.33. The molecule has 0 spiro atoms. The molecule has 3 rings (SSSR count). The number of fused-ring (bicyclic) bond motifs is 1. The molecule has 0 unspecified atom stereocenters. The summed E-state index contributed by atoms with van der Waals surface area (Å²) >= 11 is 0. The Labute approximate surface area is 155 Å². The number of benzene rings is 2. The first-order chi connectivity index (χ1) is 10.2. The van der Waals surface area contributed by atoms with Crippen molar-refractivity contribution in [1.29, 1.82) is 5.26 Å². The molecule has 0 saturated heterocycles. The molecule has 1 N–H and O–H groups in total. The van der Waals surface area contributed by atoms with Gasteiger partial charge in [0.2, 0.25) is 0 Å². The van der Waals surface area contributed by atoms with E-state index >= 15 is 0 Å². The van der Waals surface area contributed by atoms with Gasteiger partial charge in [-0.05, 0) is 5.39 Å². The summed E-state index contributed by atoms with van der Waals surface area (Å²) in [7, 11) is 0. The maximum absolute atomic E-state index is 9.33. The van der Waals surface area contributed by atoms with Crippen LogP contribution in [-0.4, -0.2) is 4.98 Å². The van der Waals surface area contributed by atoms with Gasteiger partial charge < -0.3 is 5.32 Å². The molecule has 0 bridgehead atoms. The van der Waals surface area contributed by atoms with Crippen molar-refractivity contribution in [3.8, 4) is 6.07 Å². The Morgan fingerprint density at radius 1 is 1.09 bits per heavy atom. The molecule has 2 aromatic carbocycles. The molecule has 0 aliphatic rings. The second-order valence-corrected chi connectivity index (χ2v) is 4.79. The number of nitrogens with zero attached hydrogens (tertiary/aromatic N) is 2. The smallest absolute Gasteiger partial charge is 0.103 e. The molecule has 0 saturated carbocycles. The summed E-state index contributed by atoms with van der Waals surface area (Å²) in [5.41, 5.74) is 4.68. The third kappa shape index (κ3) is 3.09. The molecule has 0 aliphatic carbocycles. The van der Waals surface area contributed by atoms with E-state index in [1.165, 1.54) is 0 Å². The van der Waals surface area contributed by atoms with E-state index in [0.29, 0.717) is 5.56 Å². The van der Waals surface area contributed by atoms with Crippen LogP contribution in [0, 0.1) is 25.2 Å². The van der Waals surface area contributed by atoms with Crippen molar-refractivity contribution in [2.45, 2.75) is 0 Å². The molecular formula is C18H13N3Y-2. The number of pyridine rings is 1. The van der Waals surface area contributed by atoms with Gasteiger partial charge in [0, 0.05) is 50.1 Å². The van der Waals surface area contributed by atoms with Gasteiger partial charge in [0.15, 0.2) is 0 Å². The number of hydrogen-bond acceptors (Lipinski definition) is 3. The fourth-order valence-corrected chi connectivity index (χ4v) is 2.24. The average molecular weight is 360 g/mol. The van der Waals surface area contributed by atoms with E-state index in [-0.39, 0.29) is 32.7 Å². The molecule has 22 heavy (non-hydrogen) atoms. The predicted molar refractivity (Wildman–Crippen MR) is 85.1 cm³/mol. The average Bonchev–Trinajstić information content (AvgIpc) is 2.50. The van der Waals surface area contributed by atoms with Crippen LogP contribution in [-0.2, 0) is 32.7 Å². The number of para-hydroxylation sites is 1. The van der Waals surface area contributed by atoms with E-state index in [1.54, 1.807) is 6.20 Å². The zero-order valence-electron chi connectivity index (χ0n) is 12.0. The fourth-order valence-electron chi connectivity index (χ4n) is 2.24. The van der Waals surface area contributed by atoms with E-state index < -0.39 is 0 Å². The van der Waals surface area contributed by atoms with Gasteiger partial charge in [0.05, 0.1) is 5.56 Å². The Balaban J connectivity index is 0.00000176. The molecule has 3 aromatic rings. The summed E-state index contributed by atoms with van der Waals surface area (Å²) in [6.45, 7) is 7.94. The number of anilines is 2. The summed E-state index contributed by atoms with van der Waals surface area (Å²) in [4.78, 5) is 4.31. The Hall–Kier alpha value is -2.02. The zero-order chi connectivity index (χ0) is 14.8. The fraction of sp³-hybridized carbons (Fsp3) is 0. The van der Waals surface area contributed by atoms with Crippen molar-refractivity contribution >= 4 is 22.3 Å². The van der Waals surface area contributed by atoms with Gasteiger partial charge in [-0.25, -0.2) is 0 Å². The minimum absolute atomic E-state index is 0. The van der Waals surface area contributed by atoms with Crippen LogP contribution in [0.15, 0.2) is 48.7 Å². The van der Waals surface area contributed by atoms with Gasteiger partial charge in [-0.2, -0.15) is 48.4 Å². The first-order valence-electron chi connectivity index (χ1n) is 6.52. The molecular weight excluding hydrogens is 347 g/mol. The largest absolute Gasteiger partial charge is 0.407 e. The summed E-state index contributed by atoms with van der Waals surface area (Å²) in [5, 5.41) is 13.5. The second-order valence-electron chi connectivity index (χ2n) is 4.79. The molecule has 0 fully saturated rings. The van der Waals surface area contributed by atoms with Crippen LogP contribution >= 0.6 is 0 Å². The van der Waals surface area contributed by atoms with Crippen LogP contribution in [0.1, 0.15) is 16.7 Å². The number of nitrogens with one attached hydrogen (secondary N) is 1. The van der Waals surface area contributed by atoms with E-state index in [1.807, 2.05) is 42.5 Å². The van der Waals surface area contributed by atoms with Gasteiger partial charge in [0.1, 0.15) is 6.07 Å². The van der Waals surface area contributed by atoms with Crippen molar-refractivity contribution in [1.82, 2.24) is 4.98 Å². The summed E-state index contributed by atoms with van der Waals surface area (Å²) in [6, 6.07) is 15.6. The molecule has 1 radical (unpaired) electrons. The van der Waals surface area contributed by atoms with Crippen molar-refractivity contribution in [3.63, 3.8) is 0 Å². The normalized spacial score (nSPS) is 9.77. The summed E-state index contributed by atoms with van der Waals surface area (Å²) in [5.74, 6) is 0. The second kappa shape index (κ2) is 6.83. The van der Waals surface area contributed by atoms with Crippen molar-refractivity contribution in [2.24, 2.45) is 0 Å². The predicted octanol–water partition coefficient (Wildman–Crippen LogP) is 4.21. The molecule has 105 valence electrons. The number of nitriles is 1. The first kappa shape index (κ1) is 16.4. The number of aromatic nitrogens is 1. The van der Waals surface area contributed by atoms with E-state index in [2.05, 4.69) is 30.2 Å². The third-order valence-electron chi connectivity index (χ3n) is 3.33. The quantitative estimate of drug-likeness (QED) is 0.697. The summed E-state index contributed by atoms with van der Waals surface area (Å²) in [6.07, 6.45) is 1.58. The molecule has 1 aromatic heterocycles. The van der Waals surface area contributed by atoms with Gasteiger partial charge >= 0.3 is 0 Å². The molecule has 0 atom stereocenters. The van der Waals surface area contributed by atoms with E-state index in [0.717, 1.165) is 33.4 Å². The zero-order valence-corrected chi connectivity index (χ0v) is 14.8. The standard InChI is InChI=1S/C18H13N3.Y/c1-12-7-8-17-15(9-12)18(14(10-19)11-20-17)21-16-6-4-3-5-13(16)2;/h3-9,11H,1-2H2,(H,20,21);/q-2;. The van der Waals surface area contributed by atoms with Crippen molar-refractivity contribution in [3.05, 3.63) is 79.2 Å². The summed E-state index contributed by atoms with van der Waals surface area (Å²) < 4.78 is 0. The minimum Gasteiger partial charge on any atom is -0.407 e. The Kier molecular flexibility index (Phi) is 5.08. The van der Waals surface area contributed by atoms with Crippen LogP contribution in [0.4, 0.5) is 11.4 Å². The maximum Gasteiger partial charge on any atom is 0.103 e. The minimum atomic E-state index is 0. The van der Waals surface area contributed by atoms with Gasteiger partial charge in [-0.1, -0.05) is 23.9 Å². The molecule has 4 heteroatoms. The van der Waals surface area contributed by atoms with Gasteiger partial charge in [0.25, 0.3) is 0 Å². The van der Waals surface area contributed by atoms with Gasteiger partial charge in [-0.3, -0.25) is 4.98 Å². The Bertz CT molecular complexity index is 866. The topological polar surface area (TPSA) is 48.7 Å². The Morgan fingerprint density at radius 2 is 1.86 bits per heavy atom. The monoisotopic (exact) mass is 360 g/mol. The van der Waals surface area contributed by atoms with Crippen molar-refractivity contribution in [2.75, 3.05) is 5.32 Å².